The van der Waals surface area contributed by atoms with Crippen LogP contribution in [0.5, 0.6) is 0 Å². The maximum absolute atomic E-state index is 11.7. The predicted octanol–water partition coefficient (Wildman–Crippen LogP) is 2.57. The van der Waals surface area contributed by atoms with Crippen molar-refractivity contribution in [2.45, 2.75) is 70.0 Å². The summed E-state index contributed by atoms with van der Waals surface area (Å²) in [6.07, 6.45) is 0.920. The molecular weight excluding hydrogens is 333 g/mol. The van der Waals surface area contributed by atoms with Gasteiger partial charge in [0, 0.05) is 0 Å². The van der Waals surface area contributed by atoms with Gasteiger partial charge >= 0.3 is 13.2 Å². The summed E-state index contributed by atoms with van der Waals surface area (Å²) < 4.78 is 18.2. The van der Waals surface area contributed by atoms with Gasteiger partial charge in [0.05, 0.1) is 36.0 Å². The van der Waals surface area contributed by atoms with Gasteiger partial charge in [-0.15, -0.1) is 0 Å². The Labute approximate surface area is 154 Å². The van der Waals surface area contributed by atoms with Gasteiger partial charge in [0.1, 0.15) is 0 Å². The summed E-state index contributed by atoms with van der Waals surface area (Å²) in [6.45, 7) is 8.56. The first-order valence-corrected chi connectivity index (χ1v) is 9.28. The number of nitrogens with zero attached hydrogens (tertiary/aromatic N) is 1. The fraction of sp³-hybridized carbons (Fsp3) is 0.632. The summed E-state index contributed by atoms with van der Waals surface area (Å²) in [6, 6.07) is 7.64. The molecule has 0 radical (unpaired) electrons. The third-order valence-electron chi connectivity index (χ3n) is 6.28. The van der Waals surface area contributed by atoms with Crippen LogP contribution >= 0.6 is 0 Å². The maximum Gasteiger partial charge on any atom is 0.494 e. The van der Waals surface area contributed by atoms with Gasteiger partial charge in [0.15, 0.2) is 0 Å². The highest BCUT2D eigenvalue weighted by Crippen LogP contribution is 2.40. The normalized spacial score (nSPS) is 32.1. The first-order chi connectivity index (χ1) is 12.2. The number of likely N-dealkylation sites (tertiary alicyclic amines) is 1. The van der Waals surface area contributed by atoms with Crippen LogP contribution in [0.15, 0.2) is 24.3 Å². The Kier molecular flexibility index (Phi) is 4.10. The monoisotopic (exact) mass is 359 g/mol. The first-order valence-electron chi connectivity index (χ1n) is 9.28. The van der Waals surface area contributed by atoms with E-state index in [0.717, 1.165) is 23.9 Å². The number of hydrogen-bond acceptors (Lipinski definition) is 4. The topological polar surface area (TPSA) is 68.2 Å². The molecule has 3 heterocycles. The van der Waals surface area contributed by atoms with Gasteiger partial charge in [-0.3, -0.25) is 4.90 Å². The Balaban J connectivity index is 1.57. The minimum Gasteiger partial charge on any atom is -0.465 e. The highest BCUT2D eigenvalue weighted by Gasteiger charge is 2.52. The Morgan fingerprint density at radius 1 is 1.12 bits per heavy atom. The number of carbonyl (C=O) groups is 1. The zero-order valence-electron chi connectivity index (χ0n) is 15.8. The van der Waals surface area contributed by atoms with Crippen molar-refractivity contribution in [3.63, 3.8) is 0 Å². The van der Waals surface area contributed by atoms with Gasteiger partial charge in [0.2, 0.25) is 0 Å². The van der Waals surface area contributed by atoms with E-state index in [4.69, 9.17) is 14.0 Å². The van der Waals surface area contributed by atoms with Crippen molar-refractivity contribution in [2.75, 3.05) is 6.54 Å². The van der Waals surface area contributed by atoms with E-state index < -0.39 is 13.2 Å². The van der Waals surface area contributed by atoms with Crippen LogP contribution in [0.2, 0.25) is 0 Å². The highest BCUT2D eigenvalue weighted by molar-refractivity contribution is 6.62. The molecule has 140 valence electrons. The van der Waals surface area contributed by atoms with E-state index in [1.165, 1.54) is 4.90 Å². The molecule has 1 amide bonds. The lowest BCUT2D eigenvalue weighted by Gasteiger charge is -2.38. The second kappa shape index (κ2) is 5.97. The molecule has 2 bridgehead atoms. The van der Waals surface area contributed by atoms with Crippen molar-refractivity contribution in [3.8, 4) is 0 Å². The number of rotatable bonds is 2. The summed E-state index contributed by atoms with van der Waals surface area (Å²) in [7, 11) is -0.414. The lowest BCUT2D eigenvalue weighted by Crippen LogP contribution is -2.47. The van der Waals surface area contributed by atoms with Crippen molar-refractivity contribution >= 4 is 18.7 Å². The molecular formula is C19H26BNO5. The number of fused-ring (bicyclic) bond motifs is 2. The molecule has 3 aliphatic rings. The third kappa shape index (κ3) is 2.82. The Morgan fingerprint density at radius 2 is 1.73 bits per heavy atom. The largest absolute Gasteiger partial charge is 0.494 e. The molecule has 3 fully saturated rings. The molecule has 6 nitrogen and oxygen atoms in total. The molecule has 7 heteroatoms. The lowest BCUT2D eigenvalue weighted by atomic mass is 9.78. The van der Waals surface area contributed by atoms with Crippen LogP contribution in [-0.4, -0.2) is 53.2 Å². The standard InChI is InChI=1S/C19H26BNO5/c1-18(2)19(3,4)26-20(25-18)13-7-5-12(6-8-13)16-15-10-9-14(24-15)11-21(16)17(22)23/h5-8,14-16H,9-11H2,1-4H3,(H,22,23)/t14-,15+,16-/m0/s1. The van der Waals surface area contributed by atoms with Crippen LogP contribution in [0.1, 0.15) is 52.1 Å². The molecule has 0 aliphatic carbocycles. The number of carboxylic acid groups (broad SMARTS) is 1. The van der Waals surface area contributed by atoms with Gasteiger partial charge in [-0.05, 0) is 51.6 Å². The lowest BCUT2D eigenvalue weighted by molar-refractivity contribution is -0.0685. The third-order valence-corrected chi connectivity index (χ3v) is 6.28. The highest BCUT2D eigenvalue weighted by atomic mass is 16.7. The molecule has 1 N–H and O–H groups in total. The Hall–Kier alpha value is -1.57. The van der Waals surface area contributed by atoms with Crippen molar-refractivity contribution in [2.24, 2.45) is 0 Å². The average molecular weight is 359 g/mol. The van der Waals surface area contributed by atoms with Crippen LogP contribution in [0, 0.1) is 0 Å². The van der Waals surface area contributed by atoms with Crippen molar-refractivity contribution in [3.05, 3.63) is 29.8 Å². The van der Waals surface area contributed by atoms with Crippen molar-refractivity contribution < 1.29 is 23.9 Å². The zero-order chi connectivity index (χ0) is 18.7. The summed E-state index contributed by atoms with van der Waals surface area (Å²) in [4.78, 5) is 13.2. The number of benzene rings is 1. The Bertz CT molecular complexity index is 688. The number of ether oxygens (including phenoxy) is 1. The van der Waals surface area contributed by atoms with Crippen LogP contribution in [0.3, 0.4) is 0 Å². The van der Waals surface area contributed by atoms with Gasteiger partial charge in [0.25, 0.3) is 0 Å². The minimum atomic E-state index is -0.884. The molecule has 26 heavy (non-hydrogen) atoms. The fourth-order valence-corrected chi connectivity index (χ4v) is 4.05. The fourth-order valence-electron chi connectivity index (χ4n) is 4.05. The molecule has 3 atom stereocenters. The van der Waals surface area contributed by atoms with E-state index in [2.05, 4.69) is 0 Å². The molecule has 3 saturated heterocycles. The van der Waals surface area contributed by atoms with Gasteiger partial charge in [-0.1, -0.05) is 24.3 Å². The van der Waals surface area contributed by atoms with E-state index in [1.54, 1.807) is 0 Å². The molecule has 0 aromatic heterocycles. The molecule has 1 aromatic rings. The minimum absolute atomic E-state index is 0.0383. The smallest absolute Gasteiger partial charge is 0.465 e. The zero-order valence-corrected chi connectivity index (χ0v) is 15.8. The summed E-state index contributed by atoms with van der Waals surface area (Å²) in [5.41, 5.74) is 1.13. The van der Waals surface area contributed by atoms with E-state index in [0.29, 0.717) is 6.54 Å². The molecule has 0 saturated carbocycles. The summed E-state index contributed by atoms with van der Waals surface area (Å²) in [5, 5.41) is 9.61. The van der Waals surface area contributed by atoms with Crippen LogP contribution in [0.4, 0.5) is 4.79 Å². The van der Waals surface area contributed by atoms with E-state index in [1.807, 2.05) is 52.0 Å². The van der Waals surface area contributed by atoms with E-state index >= 15 is 0 Å². The van der Waals surface area contributed by atoms with Gasteiger partial charge in [-0.2, -0.15) is 0 Å². The van der Waals surface area contributed by atoms with Crippen molar-refractivity contribution in [1.82, 2.24) is 4.90 Å². The van der Waals surface area contributed by atoms with Crippen LogP contribution in [-0.2, 0) is 14.0 Å². The molecule has 0 spiro atoms. The maximum atomic E-state index is 11.7. The van der Waals surface area contributed by atoms with E-state index in [-0.39, 0.29) is 29.5 Å². The van der Waals surface area contributed by atoms with Gasteiger partial charge in [-0.25, -0.2) is 4.79 Å². The number of amides is 1. The van der Waals surface area contributed by atoms with E-state index in [9.17, 15) is 9.90 Å². The quantitative estimate of drug-likeness (QED) is 0.822. The Morgan fingerprint density at radius 3 is 2.31 bits per heavy atom. The SMILES string of the molecule is CC1(C)OB(c2ccc([C@H]3[C@H]4CC[C@@H](CN3C(=O)O)O4)cc2)OC1(C)C. The predicted molar refractivity (Wildman–Crippen MR) is 97.5 cm³/mol. The first kappa shape index (κ1) is 17.8. The second-order valence-electron chi connectivity index (χ2n) is 8.51. The van der Waals surface area contributed by atoms with Crippen LogP contribution in [0.25, 0.3) is 0 Å². The number of morpholine rings is 1. The van der Waals surface area contributed by atoms with Crippen molar-refractivity contribution in [1.29, 1.82) is 0 Å². The van der Waals surface area contributed by atoms with Gasteiger partial charge < -0.3 is 19.2 Å². The molecule has 1 aromatic carbocycles. The summed E-state index contributed by atoms with van der Waals surface area (Å²) in [5.74, 6) is 0. The second-order valence-corrected chi connectivity index (χ2v) is 8.51. The van der Waals surface area contributed by atoms with Crippen LogP contribution < -0.4 is 5.46 Å². The summed E-state index contributed by atoms with van der Waals surface area (Å²) >= 11 is 0. The number of hydrogen-bond donors (Lipinski definition) is 1. The average Bonchev–Trinajstić information content (AvgIpc) is 3.04. The molecule has 4 rings (SSSR count). The molecule has 3 aliphatic heterocycles. The molecule has 0 unspecified atom stereocenters.